The predicted molar refractivity (Wildman–Crippen MR) is 96.6 cm³/mol. The van der Waals surface area contributed by atoms with Gasteiger partial charge in [-0.25, -0.2) is 0 Å². The maximum Gasteiger partial charge on any atom is 0.226 e. The molecule has 3 N–H and O–H groups in total. The number of hydrogen-bond acceptors (Lipinski definition) is 3. The summed E-state index contributed by atoms with van der Waals surface area (Å²) in [5, 5.41) is 8.69. The van der Waals surface area contributed by atoms with E-state index in [4.69, 9.17) is 0 Å². The highest BCUT2D eigenvalue weighted by molar-refractivity contribution is 9.10. The summed E-state index contributed by atoms with van der Waals surface area (Å²) in [7, 11) is 0. The Kier molecular flexibility index (Phi) is 6.17. The third-order valence-corrected chi connectivity index (χ3v) is 3.54. The van der Waals surface area contributed by atoms with E-state index >= 15 is 0 Å². The number of anilines is 3. The van der Waals surface area contributed by atoms with Gasteiger partial charge in [-0.15, -0.1) is 0 Å². The van der Waals surface area contributed by atoms with Crippen LogP contribution in [0.1, 0.15) is 13.3 Å². The Labute approximate surface area is 143 Å². The highest BCUT2D eigenvalue weighted by Gasteiger charge is 2.03. The van der Waals surface area contributed by atoms with Gasteiger partial charge < -0.3 is 16.0 Å². The van der Waals surface area contributed by atoms with E-state index < -0.39 is 0 Å². The zero-order chi connectivity index (χ0) is 16.7. The molecule has 23 heavy (non-hydrogen) atoms. The van der Waals surface area contributed by atoms with Gasteiger partial charge in [-0.2, -0.15) is 0 Å². The zero-order valence-electron chi connectivity index (χ0n) is 12.7. The van der Waals surface area contributed by atoms with Gasteiger partial charge in [0.15, 0.2) is 0 Å². The molecule has 0 unspecified atom stereocenters. The van der Waals surface area contributed by atoms with Crippen LogP contribution in [0, 0.1) is 0 Å². The lowest BCUT2D eigenvalue weighted by molar-refractivity contribution is -0.116. The van der Waals surface area contributed by atoms with Gasteiger partial charge in [0.25, 0.3) is 0 Å². The van der Waals surface area contributed by atoms with Crippen LogP contribution in [0.15, 0.2) is 53.0 Å². The monoisotopic (exact) mass is 375 g/mol. The number of benzene rings is 2. The Morgan fingerprint density at radius 1 is 0.870 bits per heavy atom. The molecule has 0 fully saturated rings. The fraction of sp³-hybridized carbons (Fsp3) is 0.176. The van der Waals surface area contributed by atoms with Crippen molar-refractivity contribution in [1.82, 2.24) is 0 Å². The minimum absolute atomic E-state index is 0.0677. The second kappa shape index (κ2) is 8.33. The predicted octanol–water partition coefficient (Wildman–Crippen LogP) is 3.85. The van der Waals surface area contributed by atoms with Crippen LogP contribution in [0.25, 0.3) is 0 Å². The van der Waals surface area contributed by atoms with E-state index in [-0.39, 0.29) is 11.8 Å². The summed E-state index contributed by atoms with van der Waals surface area (Å²) in [5.41, 5.74) is 2.38. The van der Waals surface area contributed by atoms with Gasteiger partial charge in [0.1, 0.15) is 0 Å². The third-order valence-electron chi connectivity index (χ3n) is 3.01. The molecule has 5 nitrogen and oxygen atoms in total. The Morgan fingerprint density at radius 3 is 1.96 bits per heavy atom. The molecular weight excluding hydrogens is 358 g/mol. The maximum absolute atomic E-state index is 11.9. The normalized spacial score (nSPS) is 10.0. The highest BCUT2D eigenvalue weighted by atomic mass is 79.9. The zero-order valence-corrected chi connectivity index (χ0v) is 14.3. The second-order valence-electron chi connectivity index (χ2n) is 4.99. The van der Waals surface area contributed by atoms with Crippen LogP contribution in [0.4, 0.5) is 17.1 Å². The van der Waals surface area contributed by atoms with Crippen LogP contribution < -0.4 is 16.0 Å². The van der Waals surface area contributed by atoms with Crippen LogP contribution in [-0.2, 0) is 9.59 Å². The molecular formula is C17H18BrN3O2. The number of carbonyl (C=O) groups is 2. The lowest BCUT2D eigenvalue weighted by Crippen LogP contribution is -2.16. The van der Waals surface area contributed by atoms with Crippen molar-refractivity contribution < 1.29 is 9.59 Å². The summed E-state index contributed by atoms with van der Waals surface area (Å²) < 4.78 is 1.02. The van der Waals surface area contributed by atoms with Gasteiger partial charge in [-0.1, -0.05) is 15.9 Å². The SMILES string of the molecule is CC(=O)Nc1ccc(NC(=O)CCNc2ccc(Br)cc2)cc1. The molecule has 0 aliphatic heterocycles. The molecule has 0 aliphatic carbocycles. The Balaban J connectivity index is 1.76. The molecule has 2 aromatic carbocycles. The highest BCUT2D eigenvalue weighted by Crippen LogP contribution is 2.15. The summed E-state index contributed by atoms with van der Waals surface area (Å²) in [6.45, 7) is 2.01. The molecule has 2 aromatic rings. The van der Waals surface area contributed by atoms with E-state index in [1.165, 1.54) is 6.92 Å². The fourth-order valence-corrected chi connectivity index (χ4v) is 2.22. The molecule has 6 heteroatoms. The van der Waals surface area contributed by atoms with Gasteiger partial charge in [0.2, 0.25) is 11.8 Å². The van der Waals surface area contributed by atoms with Gasteiger partial charge in [0, 0.05) is 41.4 Å². The minimum Gasteiger partial charge on any atom is -0.385 e. The van der Waals surface area contributed by atoms with Gasteiger partial charge in [-0.05, 0) is 48.5 Å². The van der Waals surface area contributed by atoms with Crippen LogP contribution in [0.3, 0.4) is 0 Å². The van der Waals surface area contributed by atoms with Gasteiger partial charge in [-0.3, -0.25) is 9.59 Å². The maximum atomic E-state index is 11.9. The minimum atomic E-state index is -0.124. The first-order valence-corrected chi connectivity index (χ1v) is 7.99. The number of nitrogens with one attached hydrogen (secondary N) is 3. The van der Waals surface area contributed by atoms with Crippen molar-refractivity contribution in [3.05, 3.63) is 53.0 Å². The van der Waals surface area contributed by atoms with E-state index in [0.717, 1.165) is 10.2 Å². The molecule has 0 atom stereocenters. The lowest BCUT2D eigenvalue weighted by Gasteiger charge is -2.08. The lowest BCUT2D eigenvalue weighted by atomic mass is 10.2. The van der Waals surface area contributed by atoms with E-state index in [0.29, 0.717) is 24.3 Å². The topological polar surface area (TPSA) is 70.2 Å². The average Bonchev–Trinajstić information content (AvgIpc) is 2.51. The fourth-order valence-electron chi connectivity index (χ4n) is 1.95. The number of halogens is 1. The Bertz CT molecular complexity index is 669. The van der Waals surface area contributed by atoms with Gasteiger partial charge in [0.05, 0.1) is 0 Å². The first-order valence-electron chi connectivity index (χ1n) is 7.20. The first kappa shape index (κ1) is 17.0. The summed E-state index contributed by atoms with van der Waals surface area (Å²) in [5.74, 6) is -0.192. The van der Waals surface area contributed by atoms with Crippen LogP contribution in [0.5, 0.6) is 0 Å². The largest absolute Gasteiger partial charge is 0.385 e. The first-order chi connectivity index (χ1) is 11.0. The molecule has 2 rings (SSSR count). The van der Waals surface area contributed by atoms with E-state index in [9.17, 15) is 9.59 Å². The Hall–Kier alpha value is -2.34. The van der Waals surface area contributed by atoms with Crippen molar-refractivity contribution in [1.29, 1.82) is 0 Å². The molecule has 0 bridgehead atoms. The van der Waals surface area contributed by atoms with Gasteiger partial charge >= 0.3 is 0 Å². The molecule has 0 aromatic heterocycles. The van der Waals surface area contributed by atoms with Crippen molar-refractivity contribution in [2.75, 3.05) is 22.5 Å². The van der Waals surface area contributed by atoms with Crippen molar-refractivity contribution in [3.63, 3.8) is 0 Å². The number of hydrogen-bond donors (Lipinski definition) is 3. The van der Waals surface area contributed by atoms with Crippen molar-refractivity contribution >= 4 is 44.8 Å². The smallest absolute Gasteiger partial charge is 0.226 e. The molecule has 0 radical (unpaired) electrons. The second-order valence-corrected chi connectivity index (χ2v) is 5.91. The molecule has 0 spiro atoms. The third kappa shape index (κ3) is 6.12. The van der Waals surface area contributed by atoms with E-state index in [1.807, 2.05) is 24.3 Å². The summed E-state index contributed by atoms with van der Waals surface area (Å²) in [4.78, 5) is 22.8. The summed E-state index contributed by atoms with van der Waals surface area (Å²) in [6, 6.07) is 14.8. The molecule has 0 aliphatic rings. The van der Waals surface area contributed by atoms with E-state index in [1.54, 1.807) is 24.3 Å². The molecule has 0 heterocycles. The number of carbonyl (C=O) groups excluding carboxylic acids is 2. The van der Waals surface area contributed by atoms with Crippen LogP contribution in [0.2, 0.25) is 0 Å². The van der Waals surface area contributed by atoms with Crippen LogP contribution >= 0.6 is 15.9 Å². The van der Waals surface area contributed by atoms with Crippen molar-refractivity contribution in [3.8, 4) is 0 Å². The summed E-state index contributed by atoms with van der Waals surface area (Å²) in [6.07, 6.45) is 0.365. The molecule has 120 valence electrons. The standard InChI is InChI=1S/C17H18BrN3O2/c1-12(22)20-15-6-8-16(9-7-15)21-17(23)10-11-19-14-4-2-13(18)3-5-14/h2-9,19H,10-11H2,1H3,(H,20,22)(H,21,23). The number of rotatable bonds is 6. The number of amides is 2. The van der Waals surface area contributed by atoms with E-state index in [2.05, 4.69) is 31.9 Å². The van der Waals surface area contributed by atoms with Crippen molar-refractivity contribution in [2.24, 2.45) is 0 Å². The quantitative estimate of drug-likeness (QED) is 0.717. The molecule has 0 saturated carbocycles. The molecule has 2 amide bonds. The average molecular weight is 376 g/mol. The molecule has 0 saturated heterocycles. The van der Waals surface area contributed by atoms with Crippen LogP contribution in [-0.4, -0.2) is 18.4 Å². The van der Waals surface area contributed by atoms with Crippen molar-refractivity contribution in [2.45, 2.75) is 13.3 Å². The Morgan fingerprint density at radius 2 is 1.39 bits per heavy atom. The summed E-state index contributed by atoms with van der Waals surface area (Å²) >= 11 is 3.38.